The van der Waals surface area contributed by atoms with E-state index in [2.05, 4.69) is 36.5 Å². The number of nitrogens with zero attached hydrogens (tertiary/aromatic N) is 2. The van der Waals surface area contributed by atoms with E-state index in [9.17, 15) is 4.79 Å². The SMILES string of the molecule is CCn1nccc1CNC(CNC(=O)OC(C)(C)C)C(C)C. The van der Waals surface area contributed by atoms with E-state index >= 15 is 0 Å². The highest BCUT2D eigenvalue weighted by Crippen LogP contribution is 2.07. The van der Waals surface area contributed by atoms with Gasteiger partial charge in [-0.15, -0.1) is 0 Å². The number of rotatable bonds is 7. The molecular weight excluding hydrogens is 280 g/mol. The standard InChI is InChI=1S/C16H30N4O2/c1-7-20-13(8-9-19-20)10-17-14(12(2)3)11-18-15(21)22-16(4,5)6/h8-9,12,14,17H,7,10-11H2,1-6H3,(H,18,21). The van der Waals surface area contributed by atoms with Gasteiger partial charge in [0.1, 0.15) is 5.60 Å². The van der Waals surface area contributed by atoms with Gasteiger partial charge in [-0.3, -0.25) is 4.68 Å². The van der Waals surface area contributed by atoms with Crippen LogP contribution in [0.4, 0.5) is 4.79 Å². The van der Waals surface area contributed by atoms with E-state index in [4.69, 9.17) is 4.74 Å². The highest BCUT2D eigenvalue weighted by atomic mass is 16.6. The van der Waals surface area contributed by atoms with Crippen molar-refractivity contribution in [3.63, 3.8) is 0 Å². The Kier molecular flexibility index (Phi) is 6.87. The fraction of sp³-hybridized carbons (Fsp3) is 0.750. The van der Waals surface area contributed by atoms with Gasteiger partial charge >= 0.3 is 6.09 Å². The quantitative estimate of drug-likeness (QED) is 0.812. The van der Waals surface area contributed by atoms with Gasteiger partial charge in [-0.25, -0.2) is 4.79 Å². The molecule has 0 saturated heterocycles. The summed E-state index contributed by atoms with van der Waals surface area (Å²) in [5.41, 5.74) is 0.670. The van der Waals surface area contributed by atoms with E-state index in [1.165, 1.54) is 0 Å². The maximum atomic E-state index is 11.7. The Morgan fingerprint density at radius 3 is 2.64 bits per heavy atom. The summed E-state index contributed by atoms with van der Waals surface area (Å²) in [4.78, 5) is 11.7. The number of ether oxygens (including phenoxy) is 1. The van der Waals surface area contributed by atoms with Crippen molar-refractivity contribution in [1.82, 2.24) is 20.4 Å². The molecule has 0 radical (unpaired) electrons. The van der Waals surface area contributed by atoms with E-state index in [0.717, 1.165) is 18.8 Å². The molecule has 6 heteroatoms. The third-order valence-corrected chi connectivity index (χ3v) is 3.32. The average molecular weight is 310 g/mol. The van der Waals surface area contributed by atoms with Gasteiger partial charge in [-0.2, -0.15) is 5.10 Å². The lowest BCUT2D eigenvalue weighted by Gasteiger charge is -2.25. The summed E-state index contributed by atoms with van der Waals surface area (Å²) in [7, 11) is 0. The van der Waals surface area contributed by atoms with Crippen LogP contribution in [-0.4, -0.2) is 34.1 Å². The second-order valence-corrected chi connectivity index (χ2v) is 6.75. The molecule has 0 aliphatic carbocycles. The lowest BCUT2D eigenvalue weighted by atomic mass is 10.0. The van der Waals surface area contributed by atoms with Gasteiger partial charge in [0.25, 0.3) is 0 Å². The van der Waals surface area contributed by atoms with Crippen molar-refractivity contribution in [2.24, 2.45) is 5.92 Å². The number of hydrogen-bond acceptors (Lipinski definition) is 4. The fourth-order valence-corrected chi connectivity index (χ4v) is 2.08. The summed E-state index contributed by atoms with van der Waals surface area (Å²) >= 11 is 0. The highest BCUT2D eigenvalue weighted by Gasteiger charge is 2.19. The molecule has 1 unspecified atom stereocenters. The van der Waals surface area contributed by atoms with Crippen molar-refractivity contribution in [3.8, 4) is 0 Å². The predicted molar refractivity (Wildman–Crippen MR) is 87.6 cm³/mol. The summed E-state index contributed by atoms with van der Waals surface area (Å²) in [6.07, 6.45) is 1.43. The molecule has 0 aliphatic rings. The highest BCUT2D eigenvalue weighted by molar-refractivity contribution is 5.67. The van der Waals surface area contributed by atoms with Crippen molar-refractivity contribution in [1.29, 1.82) is 0 Å². The molecule has 0 aliphatic heterocycles. The third kappa shape index (κ3) is 6.47. The van der Waals surface area contributed by atoms with Gasteiger partial charge in [0.15, 0.2) is 0 Å². The lowest BCUT2D eigenvalue weighted by molar-refractivity contribution is 0.0519. The maximum absolute atomic E-state index is 11.7. The number of carbonyl (C=O) groups excluding carboxylic acids is 1. The number of amides is 1. The van der Waals surface area contributed by atoms with Crippen LogP contribution in [0.2, 0.25) is 0 Å². The van der Waals surface area contributed by atoms with Crippen molar-refractivity contribution in [3.05, 3.63) is 18.0 Å². The minimum atomic E-state index is -0.474. The molecule has 0 saturated carbocycles. The number of aromatic nitrogens is 2. The van der Waals surface area contributed by atoms with E-state index in [1.807, 2.05) is 37.7 Å². The maximum Gasteiger partial charge on any atom is 0.407 e. The zero-order valence-electron chi connectivity index (χ0n) is 14.6. The molecule has 1 atom stereocenters. The summed E-state index contributed by atoms with van der Waals surface area (Å²) in [5, 5.41) is 10.6. The topological polar surface area (TPSA) is 68.2 Å². The number of aryl methyl sites for hydroxylation is 1. The molecule has 2 N–H and O–H groups in total. The van der Waals surface area contributed by atoms with Crippen LogP contribution in [0.1, 0.15) is 47.2 Å². The zero-order chi connectivity index (χ0) is 16.8. The first-order valence-electron chi connectivity index (χ1n) is 7.94. The first kappa shape index (κ1) is 18.5. The van der Waals surface area contributed by atoms with Crippen LogP contribution < -0.4 is 10.6 Å². The van der Waals surface area contributed by atoms with E-state index in [0.29, 0.717) is 12.5 Å². The van der Waals surface area contributed by atoms with Crippen LogP contribution in [0.15, 0.2) is 12.3 Å². The summed E-state index contributed by atoms with van der Waals surface area (Å²) < 4.78 is 7.23. The molecule has 0 bridgehead atoms. The smallest absolute Gasteiger partial charge is 0.407 e. The monoisotopic (exact) mass is 310 g/mol. The van der Waals surface area contributed by atoms with Gasteiger partial charge < -0.3 is 15.4 Å². The minimum Gasteiger partial charge on any atom is -0.444 e. The zero-order valence-corrected chi connectivity index (χ0v) is 14.6. The van der Waals surface area contributed by atoms with Crippen LogP contribution in [0.3, 0.4) is 0 Å². The Morgan fingerprint density at radius 2 is 2.09 bits per heavy atom. The van der Waals surface area contributed by atoms with Crippen LogP contribution in [0.5, 0.6) is 0 Å². The summed E-state index contributed by atoms with van der Waals surface area (Å²) in [6.45, 7) is 14.0. The molecule has 0 spiro atoms. The van der Waals surface area contributed by atoms with Crippen LogP contribution in [0, 0.1) is 5.92 Å². The molecule has 1 aromatic rings. The van der Waals surface area contributed by atoms with Crippen molar-refractivity contribution < 1.29 is 9.53 Å². The number of nitrogens with one attached hydrogen (secondary N) is 2. The van der Waals surface area contributed by atoms with E-state index in [1.54, 1.807) is 0 Å². The van der Waals surface area contributed by atoms with Crippen molar-refractivity contribution >= 4 is 6.09 Å². The minimum absolute atomic E-state index is 0.174. The average Bonchev–Trinajstić information content (AvgIpc) is 2.83. The Labute approximate surface area is 133 Å². The van der Waals surface area contributed by atoms with Gasteiger partial charge in [0.05, 0.1) is 5.69 Å². The number of hydrogen-bond donors (Lipinski definition) is 2. The Morgan fingerprint density at radius 1 is 1.41 bits per heavy atom. The lowest BCUT2D eigenvalue weighted by Crippen LogP contribution is -2.45. The van der Waals surface area contributed by atoms with Crippen LogP contribution in [0.25, 0.3) is 0 Å². The molecule has 0 aromatic carbocycles. The van der Waals surface area contributed by atoms with E-state index in [-0.39, 0.29) is 12.1 Å². The van der Waals surface area contributed by atoms with Gasteiger partial charge in [-0.05, 0) is 39.7 Å². The molecular formula is C16H30N4O2. The Hall–Kier alpha value is -1.56. The summed E-state index contributed by atoms with van der Waals surface area (Å²) in [5.74, 6) is 0.396. The molecule has 126 valence electrons. The summed E-state index contributed by atoms with van der Waals surface area (Å²) in [6, 6.07) is 2.18. The predicted octanol–water partition coefficient (Wildman–Crippen LogP) is 2.54. The van der Waals surface area contributed by atoms with Crippen molar-refractivity contribution in [2.75, 3.05) is 6.54 Å². The first-order chi connectivity index (χ1) is 10.2. The third-order valence-electron chi connectivity index (χ3n) is 3.32. The molecule has 6 nitrogen and oxygen atoms in total. The molecule has 1 amide bonds. The van der Waals surface area contributed by atoms with Crippen molar-refractivity contribution in [2.45, 2.75) is 66.3 Å². The van der Waals surface area contributed by atoms with Crippen LogP contribution in [-0.2, 0) is 17.8 Å². The van der Waals surface area contributed by atoms with Gasteiger partial charge in [0, 0.05) is 31.9 Å². The largest absolute Gasteiger partial charge is 0.444 e. The number of alkyl carbamates (subject to hydrolysis) is 1. The second kappa shape index (κ2) is 8.17. The fourth-order valence-electron chi connectivity index (χ4n) is 2.08. The molecule has 0 fully saturated rings. The van der Waals surface area contributed by atoms with Crippen LogP contribution >= 0.6 is 0 Å². The molecule has 22 heavy (non-hydrogen) atoms. The number of carbonyl (C=O) groups is 1. The Bertz CT molecular complexity index is 463. The first-order valence-corrected chi connectivity index (χ1v) is 7.94. The molecule has 1 heterocycles. The second-order valence-electron chi connectivity index (χ2n) is 6.75. The van der Waals surface area contributed by atoms with Gasteiger partial charge in [-0.1, -0.05) is 13.8 Å². The molecule has 1 aromatic heterocycles. The van der Waals surface area contributed by atoms with E-state index < -0.39 is 5.60 Å². The Balaban J connectivity index is 2.47. The van der Waals surface area contributed by atoms with Gasteiger partial charge in [0.2, 0.25) is 0 Å². The normalized spacial score (nSPS) is 13.2. The molecule has 1 rings (SSSR count).